The van der Waals surface area contributed by atoms with Gasteiger partial charge in [0.2, 0.25) is 0 Å². The van der Waals surface area contributed by atoms with Crippen molar-refractivity contribution in [2.24, 2.45) is 11.8 Å². The monoisotopic (exact) mass is 254 g/mol. The minimum atomic E-state index is -0.391. The summed E-state index contributed by atoms with van der Waals surface area (Å²) in [5.74, 6) is 1.29. The highest BCUT2D eigenvalue weighted by Gasteiger charge is 2.57. The first kappa shape index (κ1) is 13.7. The molecule has 2 rings (SSSR count). The number of carbonyl (C=O) groups excluding carboxylic acids is 1. The highest BCUT2D eigenvalue weighted by molar-refractivity contribution is 5.69. The van der Waals surface area contributed by atoms with E-state index >= 15 is 0 Å². The standard InChI is InChI=1S/C14H26N2O2/c1-6-9(2)15-12-10-7-16(8-11(10)12)13(17)18-14(3,4)5/h9-12,15H,6-8H2,1-5H3. The summed E-state index contributed by atoms with van der Waals surface area (Å²) in [6.45, 7) is 11.9. The first-order chi connectivity index (χ1) is 8.31. The minimum Gasteiger partial charge on any atom is -0.444 e. The quantitative estimate of drug-likeness (QED) is 0.840. The van der Waals surface area contributed by atoms with E-state index in [4.69, 9.17) is 4.74 Å². The molecule has 0 aromatic carbocycles. The summed E-state index contributed by atoms with van der Waals surface area (Å²) in [7, 11) is 0. The number of nitrogens with zero attached hydrogens (tertiary/aromatic N) is 1. The van der Waals surface area contributed by atoms with Crippen LogP contribution in [0.25, 0.3) is 0 Å². The molecule has 2 fully saturated rings. The van der Waals surface area contributed by atoms with Crippen LogP contribution in [0.5, 0.6) is 0 Å². The van der Waals surface area contributed by atoms with Gasteiger partial charge in [0.15, 0.2) is 0 Å². The molecule has 0 bridgehead atoms. The maximum atomic E-state index is 11.9. The summed E-state index contributed by atoms with van der Waals surface area (Å²) < 4.78 is 5.39. The van der Waals surface area contributed by atoms with Crippen molar-refractivity contribution in [2.75, 3.05) is 13.1 Å². The van der Waals surface area contributed by atoms with Crippen LogP contribution in [-0.4, -0.2) is 41.8 Å². The fourth-order valence-corrected chi connectivity index (χ4v) is 2.70. The number of ether oxygens (including phenoxy) is 1. The van der Waals surface area contributed by atoms with E-state index < -0.39 is 5.60 Å². The molecule has 0 spiro atoms. The van der Waals surface area contributed by atoms with E-state index in [0.717, 1.165) is 19.5 Å². The molecular weight excluding hydrogens is 228 g/mol. The zero-order valence-corrected chi connectivity index (χ0v) is 12.2. The average Bonchev–Trinajstić information content (AvgIpc) is 2.73. The van der Waals surface area contributed by atoms with E-state index in [1.807, 2.05) is 25.7 Å². The lowest BCUT2D eigenvalue weighted by Crippen LogP contribution is -2.40. The van der Waals surface area contributed by atoms with Crippen LogP contribution in [0.3, 0.4) is 0 Å². The minimum absolute atomic E-state index is 0.156. The van der Waals surface area contributed by atoms with Gasteiger partial charge in [-0.3, -0.25) is 0 Å². The van der Waals surface area contributed by atoms with Gasteiger partial charge >= 0.3 is 6.09 Å². The van der Waals surface area contributed by atoms with Gasteiger partial charge in [-0.2, -0.15) is 0 Å². The van der Waals surface area contributed by atoms with Crippen molar-refractivity contribution in [3.8, 4) is 0 Å². The molecule has 1 aliphatic heterocycles. The fraction of sp³-hybridized carbons (Fsp3) is 0.929. The van der Waals surface area contributed by atoms with Crippen molar-refractivity contribution in [2.45, 2.75) is 58.7 Å². The molecule has 3 atom stereocenters. The molecule has 1 amide bonds. The molecule has 1 N–H and O–H groups in total. The maximum Gasteiger partial charge on any atom is 0.410 e. The number of nitrogens with one attached hydrogen (secondary N) is 1. The molecule has 2 aliphatic rings. The summed E-state index contributed by atoms with van der Waals surface area (Å²) in [4.78, 5) is 13.8. The van der Waals surface area contributed by atoms with Crippen LogP contribution in [0, 0.1) is 11.8 Å². The average molecular weight is 254 g/mol. The predicted octanol–water partition coefficient (Wildman–Crippen LogP) is 2.24. The molecule has 0 aromatic rings. The van der Waals surface area contributed by atoms with Crippen LogP contribution in [0.2, 0.25) is 0 Å². The third kappa shape index (κ3) is 2.97. The molecule has 104 valence electrons. The maximum absolute atomic E-state index is 11.9. The van der Waals surface area contributed by atoms with E-state index in [-0.39, 0.29) is 6.09 Å². The third-order valence-electron chi connectivity index (χ3n) is 3.94. The third-order valence-corrected chi connectivity index (χ3v) is 3.94. The van der Waals surface area contributed by atoms with Crippen LogP contribution in [0.15, 0.2) is 0 Å². The number of likely N-dealkylation sites (tertiary alicyclic amines) is 1. The molecule has 4 heteroatoms. The number of amides is 1. The Morgan fingerprint density at radius 2 is 1.94 bits per heavy atom. The molecule has 1 aliphatic carbocycles. The largest absolute Gasteiger partial charge is 0.444 e. The van der Waals surface area contributed by atoms with E-state index in [0.29, 0.717) is 23.9 Å². The number of piperidine rings is 1. The van der Waals surface area contributed by atoms with E-state index in [2.05, 4.69) is 19.2 Å². The first-order valence-corrected chi connectivity index (χ1v) is 7.05. The Balaban J connectivity index is 1.76. The molecule has 1 saturated heterocycles. The smallest absolute Gasteiger partial charge is 0.410 e. The van der Waals surface area contributed by atoms with E-state index in [1.54, 1.807) is 0 Å². The van der Waals surface area contributed by atoms with Gasteiger partial charge in [0, 0.05) is 25.2 Å². The van der Waals surface area contributed by atoms with Crippen molar-refractivity contribution in [1.29, 1.82) is 0 Å². The highest BCUT2D eigenvalue weighted by Crippen LogP contribution is 2.46. The number of rotatable bonds is 3. The van der Waals surface area contributed by atoms with E-state index in [9.17, 15) is 4.79 Å². The van der Waals surface area contributed by atoms with Crippen LogP contribution >= 0.6 is 0 Å². The van der Waals surface area contributed by atoms with Crippen LogP contribution in [0.4, 0.5) is 4.79 Å². The molecule has 3 unspecified atom stereocenters. The predicted molar refractivity (Wildman–Crippen MR) is 71.5 cm³/mol. The Bertz CT molecular complexity index is 312. The summed E-state index contributed by atoms with van der Waals surface area (Å²) in [6, 6.07) is 1.20. The zero-order chi connectivity index (χ0) is 13.5. The van der Waals surface area contributed by atoms with Gasteiger partial charge in [-0.15, -0.1) is 0 Å². The van der Waals surface area contributed by atoms with Crippen LogP contribution < -0.4 is 5.32 Å². The zero-order valence-electron chi connectivity index (χ0n) is 12.2. The SMILES string of the molecule is CCC(C)NC1C2CN(C(=O)OC(C)(C)C)CC21. The molecule has 4 nitrogen and oxygen atoms in total. The Morgan fingerprint density at radius 1 is 1.39 bits per heavy atom. The summed E-state index contributed by atoms with van der Waals surface area (Å²) in [5.41, 5.74) is -0.391. The number of hydrogen-bond donors (Lipinski definition) is 1. The Morgan fingerprint density at radius 3 is 2.39 bits per heavy atom. The molecule has 0 aromatic heterocycles. The molecule has 1 heterocycles. The Kier molecular flexibility index (Phi) is 3.58. The lowest BCUT2D eigenvalue weighted by molar-refractivity contribution is 0.0269. The first-order valence-electron chi connectivity index (χ1n) is 7.05. The van der Waals surface area contributed by atoms with Gasteiger partial charge in [-0.1, -0.05) is 6.92 Å². The second-order valence-electron chi connectivity index (χ2n) is 6.71. The van der Waals surface area contributed by atoms with Crippen LogP contribution in [-0.2, 0) is 4.74 Å². The van der Waals surface area contributed by atoms with Crippen LogP contribution in [0.1, 0.15) is 41.0 Å². The molecule has 18 heavy (non-hydrogen) atoms. The van der Waals surface area contributed by atoms with Gasteiger partial charge < -0.3 is 15.0 Å². The summed E-state index contributed by atoms with van der Waals surface area (Å²) >= 11 is 0. The van der Waals surface area contributed by atoms with Crippen molar-refractivity contribution < 1.29 is 9.53 Å². The van der Waals surface area contributed by atoms with E-state index in [1.165, 1.54) is 0 Å². The van der Waals surface area contributed by atoms with Gasteiger partial charge in [0.05, 0.1) is 0 Å². The summed E-state index contributed by atoms with van der Waals surface area (Å²) in [6.07, 6.45) is 1.00. The number of carbonyl (C=O) groups is 1. The number of fused-ring (bicyclic) bond motifs is 1. The number of hydrogen-bond acceptors (Lipinski definition) is 3. The van der Waals surface area contributed by atoms with Crippen molar-refractivity contribution in [1.82, 2.24) is 10.2 Å². The lowest BCUT2D eigenvalue weighted by Gasteiger charge is -2.26. The molecule has 1 saturated carbocycles. The van der Waals surface area contributed by atoms with Crippen molar-refractivity contribution in [3.05, 3.63) is 0 Å². The van der Waals surface area contributed by atoms with Gasteiger partial charge in [0.25, 0.3) is 0 Å². The van der Waals surface area contributed by atoms with Gasteiger partial charge in [0.1, 0.15) is 5.60 Å². The second-order valence-corrected chi connectivity index (χ2v) is 6.71. The summed E-state index contributed by atoms with van der Waals surface area (Å²) in [5, 5.41) is 3.63. The Hall–Kier alpha value is -0.770. The lowest BCUT2D eigenvalue weighted by atomic mass is 10.2. The second kappa shape index (κ2) is 4.72. The Labute approximate surface area is 110 Å². The van der Waals surface area contributed by atoms with Gasteiger partial charge in [-0.25, -0.2) is 4.79 Å². The van der Waals surface area contributed by atoms with Crippen molar-refractivity contribution in [3.63, 3.8) is 0 Å². The molecule has 0 radical (unpaired) electrons. The normalized spacial score (nSPS) is 32.1. The van der Waals surface area contributed by atoms with Crippen molar-refractivity contribution >= 4 is 6.09 Å². The topological polar surface area (TPSA) is 41.6 Å². The molecular formula is C14H26N2O2. The van der Waals surface area contributed by atoms with Gasteiger partial charge in [-0.05, 0) is 46.0 Å². The highest BCUT2D eigenvalue weighted by atomic mass is 16.6. The fourth-order valence-electron chi connectivity index (χ4n) is 2.70.